The van der Waals surface area contributed by atoms with E-state index in [2.05, 4.69) is 10.1 Å². The van der Waals surface area contributed by atoms with Gasteiger partial charge in [0.05, 0.1) is 11.8 Å². The number of fused-ring (bicyclic) bond motifs is 5. The molecule has 4 unspecified atom stereocenters. The van der Waals surface area contributed by atoms with Gasteiger partial charge in [-0.1, -0.05) is 42.5 Å². The Balaban J connectivity index is 1.30. The minimum Gasteiger partial charge on any atom is -0.435 e. The Morgan fingerprint density at radius 2 is 1.70 bits per heavy atom. The highest BCUT2D eigenvalue weighted by molar-refractivity contribution is 6.09. The van der Waals surface area contributed by atoms with Crippen molar-refractivity contribution in [2.24, 2.45) is 23.7 Å². The van der Waals surface area contributed by atoms with Crippen molar-refractivity contribution in [3.63, 3.8) is 0 Å². The Morgan fingerprint density at radius 3 is 2.33 bits per heavy atom. The highest BCUT2D eigenvalue weighted by atomic mass is 19.3. The van der Waals surface area contributed by atoms with Gasteiger partial charge < -0.3 is 10.1 Å². The van der Waals surface area contributed by atoms with Crippen LogP contribution in [-0.2, 0) is 20.8 Å². The van der Waals surface area contributed by atoms with Gasteiger partial charge in [-0.15, -0.1) is 0 Å². The summed E-state index contributed by atoms with van der Waals surface area (Å²) in [4.78, 5) is 39.3. The molecule has 4 atom stereocenters. The number of halogens is 2. The number of rotatable bonds is 7. The number of carbonyl (C=O) groups is 3. The zero-order chi connectivity index (χ0) is 23.1. The fourth-order valence-electron chi connectivity index (χ4n) is 5.29. The lowest BCUT2D eigenvalue weighted by molar-refractivity contribution is -0.143. The van der Waals surface area contributed by atoms with Crippen molar-refractivity contribution in [3.8, 4) is 5.75 Å². The number of carbonyl (C=O) groups excluding carboxylic acids is 3. The molecule has 2 bridgehead atoms. The topological polar surface area (TPSA) is 75.7 Å². The second kappa shape index (κ2) is 8.42. The quantitative estimate of drug-likeness (QED) is 0.514. The molecular weight excluding hydrogens is 430 g/mol. The number of nitrogens with zero attached hydrogens (tertiary/aromatic N) is 1. The molecule has 33 heavy (non-hydrogen) atoms. The second-order valence-electron chi connectivity index (χ2n) is 8.67. The van der Waals surface area contributed by atoms with Crippen LogP contribution in [0.25, 0.3) is 0 Å². The number of amides is 3. The fourth-order valence-corrected chi connectivity index (χ4v) is 5.29. The number of anilines is 1. The third-order valence-corrected chi connectivity index (χ3v) is 6.66. The number of likely N-dealkylation sites (tertiary alicyclic amines) is 1. The number of allylic oxidation sites excluding steroid dienone is 2. The first kappa shape index (κ1) is 21.3. The molecule has 0 radical (unpaired) electrons. The number of nitrogens with one attached hydrogen (secondary N) is 1. The van der Waals surface area contributed by atoms with Crippen LogP contribution in [0.2, 0.25) is 0 Å². The number of hydrogen-bond donors (Lipinski definition) is 1. The van der Waals surface area contributed by atoms with E-state index in [0.29, 0.717) is 17.7 Å². The number of benzene rings is 2. The van der Waals surface area contributed by atoms with Crippen LogP contribution in [0.1, 0.15) is 17.5 Å². The molecule has 2 fully saturated rings. The molecule has 3 amide bonds. The summed E-state index contributed by atoms with van der Waals surface area (Å²) in [6.07, 6.45) is 5.15. The third kappa shape index (κ3) is 4.01. The number of alkyl halides is 2. The van der Waals surface area contributed by atoms with Crippen LogP contribution in [0.4, 0.5) is 14.5 Å². The van der Waals surface area contributed by atoms with Crippen molar-refractivity contribution in [1.29, 1.82) is 0 Å². The summed E-state index contributed by atoms with van der Waals surface area (Å²) in [6, 6.07) is 13.7. The average Bonchev–Trinajstić information content (AvgIpc) is 3.46. The minimum atomic E-state index is -2.98. The SMILES string of the molecule is O=C(CN1C(=O)C2C3C=CC(C3)C2C1=O)Nc1ccc(OC(F)F)c(Cc2ccccc2)c1. The van der Waals surface area contributed by atoms with Crippen LogP contribution < -0.4 is 10.1 Å². The second-order valence-corrected chi connectivity index (χ2v) is 8.67. The molecular formula is C25H22F2N2O4. The first-order valence-corrected chi connectivity index (χ1v) is 10.9. The molecule has 1 saturated heterocycles. The molecule has 2 aromatic carbocycles. The monoisotopic (exact) mass is 452 g/mol. The maximum absolute atomic E-state index is 12.8. The van der Waals surface area contributed by atoms with Crippen LogP contribution in [-0.4, -0.2) is 35.8 Å². The summed E-state index contributed by atoms with van der Waals surface area (Å²) >= 11 is 0. The lowest BCUT2D eigenvalue weighted by Crippen LogP contribution is -2.39. The first-order chi connectivity index (χ1) is 15.9. The van der Waals surface area contributed by atoms with E-state index in [1.807, 2.05) is 42.5 Å². The smallest absolute Gasteiger partial charge is 0.387 e. The Hall–Kier alpha value is -3.55. The van der Waals surface area contributed by atoms with Gasteiger partial charge in [0.15, 0.2) is 0 Å². The van der Waals surface area contributed by atoms with E-state index in [1.54, 1.807) is 6.07 Å². The molecule has 170 valence electrons. The highest BCUT2D eigenvalue weighted by Gasteiger charge is 2.59. The summed E-state index contributed by atoms with van der Waals surface area (Å²) in [5.74, 6) is -1.64. The Labute approximate surface area is 189 Å². The largest absolute Gasteiger partial charge is 0.435 e. The van der Waals surface area contributed by atoms with E-state index >= 15 is 0 Å². The summed E-state index contributed by atoms with van der Waals surface area (Å²) in [6.45, 7) is -3.34. The van der Waals surface area contributed by atoms with Gasteiger partial charge in [0.1, 0.15) is 12.3 Å². The molecule has 1 N–H and O–H groups in total. The van der Waals surface area contributed by atoms with Gasteiger partial charge in [-0.05, 0) is 42.0 Å². The molecule has 1 aliphatic heterocycles. The Bertz CT molecular complexity index is 1100. The molecule has 2 aromatic rings. The number of hydrogen-bond acceptors (Lipinski definition) is 4. The van der Waals surface area contributed by atoms with E-state index in [1.165, 1.54) is 12.1 Å². The average molecular weight is 452 g/mol. The van der Waals surface area contributed by atoms with E-state index in [9.17, 15) is 23.2 Å². The van der Waals surface area contributed by atoms with Crippen molar-refractivity contribution in [2.75, 3.05) is 11.9 Å². The van der Waals surface area contributed by atoms with E-state index < -0.39 is 12.5 Å². The summed E-state index contributed by atoms with van der Waals surface area (Å²) in [7, 11) is 0. The molecule has 0 spiro atoms. The van der Waals surface area contributed by atoms with Gasteiger partial charge in [0, 0.05) is 17.7 Å². The van der Waals surface area contributed by atoms with Crippen LogP contribution in [0.15, 0.2) is 60.7 Å². The number of ether oxygens (including phenoxy) is 1. The van der Waals surface area contributed by atoms with Crippen LogP contribution >= 0.6 is 0 Å². The van der Waals surface area contributed by atoms with E-state index in [0.717, 1.165) is 16.9 Å². The van der Waals surface area contributed by atoms with Crippen LogP contribution in [0, 0.1) is 23.7 Å². The standard InChI is InChI=1S/C25H22F2N2O4/c26-25(27)33-19-9-8-18(12-17(19)10-14-4-2-1-3-5-14)28-20(30)13-29-23(31)21-15-6-7-16(11-15)22(21)24(29)32/h1-9,12,15-16,21-22,25H,10-11,13H2,(H,28,30). The van der Waals surface area contributed by atoms with E-state index in [4.69, 9.17) is 0 Å². The van der Waals surface area contributed by atoms with Gasteiger partial charge in [0.25, 0.3) is 0 Å². The summed E-state index contributed by atoms with van der Waals surface area (Å²) < 4.78 is 30.3. The maximum Gasteiger partial charge on any atom is 0.387 e. The summed E-state index contributed by atoms with van der Waals surface area (Å²) in [5, 5.41) is 2.68. The van der Waals surface area contributed by atoms with Crippen LogP contribution in [0.3, 0.4) is 0 Å². The van der Waals surface area contributed by atoms with Gasteiger partial charge in [0.2, 0.25) is 17.7 Å². The van der Waals surface area contributed by atoms with Gasteiger partial charge in [-0.25, -0.2) is 0 Å². The predicted molar refractivity (Wildman–Crippen MR) is 115 cm³/mol. The van der Waals surface area contributed by atoms with Gasteiger partial charge in [-0.3, -0.25) is 19.3 Å². The normalized spacial score (nSPS) is 25.1. The zero-order valence-corrected chi connectivity index (χ0v) is 17.6. The van der Waals surface area contributed by atoms with Gasteiger partial charge in [-0.2, -0.15) is 8.78 Å². The van der Waals surface area contributed by atoms with Crippen molar-refractivity contribution < 1.29 is 27.9 Å². The molecule has 0 aromatic heterocycles. The van der Waals surface area contributed by atoms with Crippen molar-refractivity contribution in [1.82, 2.24) is 4.90 Å². The highest BCUT2D eigenvalue weighted by Crippen LogP contribution is 2.52. The fraction of sp³-hybridized carbons (Fsp3) is 0.320. The van der Waals surface area contributed by atoms with Crippen molar-refractivity contribution in [3.05, 3.63) is 71.8 Å². The molecule has 1 saturated carbocycles. The third-order valence-electron chi connectivity index (χ3n) is 6.66. The van der Waals surface area contributed by atoms with Gasteiger partial charge >= 0.3 is 6.61 Å². The van der Waals surface area contributed by atoms with Crippen molar-refractivity contribution in [2.45, 2.75) is 19.5 Å². The molecule has 5 rings (SSSR count). The minimum absolute atomic E-state index is 0.0209. The molecule has 3 aliphatic rings. The molecule has 8 heteroatoms. The molecule has 6 nitrogen and oxygen atoms in total. The van der Waals surface area contributed by atoms with Crippen LogP contribution in [0.5, 0.6) is 5.75 Å². The van der Waals surface area contributed by atoms with Crippen molar-refractivity contribution >= 4 is 23.4 Å². The number of imide groups is 1. The predicted octanol–water partition coefficient (Wildman–Crippen LogP) is 3.62. The van der Waals surface area contributed by atoms with E-state index in [-0.39, 0.29) is 47.8 Å². The first-order valence-electron chi connectivity index (χ1n) is 10.9. The Kier molecular flexibility index (Phi) is 5.44. The molecule has 2 aliphatic carbocycles. The zero-order valence-electron chi connectivity index (χ0n) is 17.6. The lowest BCUT2D eigenvalue weighted by Gasteiger charge is -2.17. The summed E-state index contributed by atoms with van der Waals surface area (Å²) in [5.41, 5.74) is 1.74. The molecule has 1 heterocycles. The lowest BCUT2D eigenvalue weighted by atomic mass is 9.85. The Morgan fingerprint density at radius 1 is 1.03 bits per heavy atom. The maximum atomic E-state index is 12.8.